The third-order valence-electron chi connectivity index (χ3n) is 1.97. The van der Waals surface area contributed by atoms with Gasteiger partial charge in [0.25, 0.3) is 0 Å². The minimum Gasteiger partial charge on any atom is -0.423 e. The standard InChI is InChI=1S/C10H8Cl2FNO3/c1-2-5(4-15)10(16)17-7-3-6(13)8(11)14-9(7)12/h3-5H,2H2,1H3. The molecule has 0 spiro atoms. The van der Waals surface area contributed by atoms with Gasteiger partial charge in [0, 0.05) is 6.07 Å². The maximum Gasteiger partial charge on any atom is 0.321 e. The Morgan fingerprint density at radius 2 is 2.24 bits per heavy atom. The van der Waals surface area contributed by atoms with Gasteiger partial charge in [-0.2, -0.15) is 0 Å². The number of pyridine rings is 1. The molecule has 0 amide bonds. The summed E-state index contributed by atoms with van der Waals surface area (Å²) in [6, 6.07) is 0.840. The van der Waals surface area contributed by atoms with E-state index in [1.807, 2.05) is 0 Å². The van der Waals surface area contributed by atoms with Gasteiger partial charge in [-0.1, -0.05) is 30.1 Å². The van der Waals surface area contributed by atoms with Crippen LogP contribution in [0.15, 0.2) is 6.07 Å². The van der Waals surface area contributed by atoms with Crippen LogP contribution in [-0.4, -0.2) is 17.2 Å². The van der Waals surface area contributed by atoms with Crippen LogP contribution >= 0.6 is 23.2 Å². The number of hydrogen-bond donors (Lipinski definition) is 0. The highest BCUT2D eigenvalue weighted by atomic mass is 35.5. The first kappa shape index (κ1) is 13.9. The Bertz CT molecular complexity index is 453. The Balaban J connectivity index is 2.92. The second-order valence-corrected chi connectivity index (χ2v) is 3.84. The molecule has 1 unspecified atom stereocenters. The van der Waals surface area contributed by atoms with Crippen molar-refractivity contribution in [3.05, 3.63) is 22.2 Å². The van der Waals surface area contributed by atoms with E-state index in [1.54, 1.807) is 6.92 Å². The minimum absolute atomic E-state index is 0.245. The van der Waals surface area contributed by atoms with E-state index in [2.05, 4.69) is 4.98 Å². The van der Waals surface area contributed by atoms with Crippen LogP contribution in [0.5, 0.6) is 5.75 Å². The summed E-state index contributed by atoms with van der Waals surface area (Å²) in [5, 5.41) is -0.664. The number of aldehydes is 1. The van der Waals surface area contributed by atoms with Crippen molar-refractivity contribution >= 4 is 35.5 Å². The molecule has 1 atom stereocenters. The zero-order chi connectivity index (χ0) is 13.0. The SMILES string of the molecule is CCC(C=O)C(=O)Oc1cc(F)c(Cl)nc1Cl. The number of carbonyl (C=O) groups is 2. The van der Waals surface area contributed by atoms with E-state index >= 15 is 0 Å². The predicted molar refractivity (Wildman–Crippen MR) is 59.7 cm³/mol. The first-order valence-electron chi connectivity index (χ1n) is 4.68. The van der Waals surface area contributed by atoms with E-state index in [0.717, 1.165) is 6.07 Å². The molecular formula is C10H8Cl2FNO3. The van der Waals surface area contributed by atoms with Gasteiger partial charge in [-0.15, -0.1) is 0 Å². The highest BCUT2D eigenvalue weighted by Gasteiger charge is 2.20. The maximum atomic E-state index is 13.1. The summed E-state index contributed by atoms with van der Waals surface area (Å²) in [5.41, 5.74) is 0. The molecule has 0 aliphatic heterocycles. The Morgan fingerprint density at radius 1 is 1.59 bits per heavy atom. The monoisotopic (exact) mass is 279 g/mol. The van der Waals surface area contributed by atoms with Gasteiger partial charge in [0.15, 0.2) is 21.9 Å². The maximum absolute atomic E-state index is 13.1. The minimum atomic E-state index is -0.912. The number of ether oxygens (including phenoxy) is 1. The number of esters is 1. The van der Waals surface area contributed by atoms with Gasteiger partial charge in [-0.25, -0.2) is 9.37 Å². The fraction of sp³-hybridized carbons (Fsp3) is 0.300. The van der Waals surface area contributed by atoms with E-state index in [0.29, 0.717) is 6.29 Å². The molecule has 0 aromatic carbocycles. The largest absolute Gasteiger partial charge is 0.423 e. The van der Waals surface area contributed by atoms with Crippen LogP contribution in [0.3, 0.4) is 0 Å². The number of carbonyl (C=O) groups excluding carboxylic acids is 2. The van der Waals surface area contributed by atoms with Crippen molar-refractivity contribution < 1.29 is 18.7 Å². The summed E-state index contributed by atoms with van der Waals surface area (Å²) >= 11 is 11.0. The second kappa shape index (κ2) is 5.93. The van der Waals surface area contributed by atoms with Gasteiger partial charge < -0.3 is 9.53 Å². The summed E-state index contributed by atoms with van der Waals surface area (Å²) in [4.78, 5) is 25.4. The lowest BCUT2D eigenvalue weighted by Crippen LogP contribution is -2.21. The van der Waals surface area contributed by atoms with Gasteiger partial charge >= 0.3 is 5.97 Å². The summed E-state index contributed by atoms with van der Waals surface area (Å²) in [5.74, 6) is -2.85. The average molecular weight is 280 g/mol. The van der Waals surface area contributed by atoms with Crippen LogP contribution in [0, 0.1) is 11.7 Å². The molecule has 0 aliphatic carbocycles. The Morgan fingerprint density at radius 3 is 2.76 bits per heavy atom. The molecule has 4 nitrogen and oxygen atoms in total. The number of nitrogens with zero attached hydrogens (tertiary/aromatic N) is 1. The third kappa shape index (κ3) is 3.38. The molecule has 0 saturated carbocycles. The van der Waals surface area contributed by atoms with Crippen molar-refractivity contribution in [3.63, 3.8) is 0 Å². The van der Waals surface area contributed by atoms with Crippen LogP contribution in [0.25, 0.3) is 0 Å². The quantitative estimate of drug-likeness (QED) is 0.368. The van der Waals surface area contributed by atoms with E-state index in [-0.39, 0.29) is 17.3 Å². The molecule has 17 heavy (non-hydrogen) atoms. The van der Waals surface area contributed by atoms with Gasteiger partial charge in [0.05, 0.1) is 0 Å². The topological polar surface area (TPSA) is 56.3 Å². The van der Waals surface area contributed by atoms with Crippen molar-refractivity contribution in [1.29, 1.82) is 0 Å². The molecule has 1 aromatic rings. The van der Waals surface area contributed by atoms with Crippen molar-refractivity contribution in [2.45, 2.75) is 13.3 Å². The Labute approximate surface area is 107 Å². The zero-order valence-corrected chi connectivity index (χ0v) is 10.3. The van der Waals surface area contributed by atoms with Crippen molar-refractivity contribution in [2.75, 3.05) is 0 Å². The van der Waals surface area contributed by atoms with E-state index < -0.39 is 22.9 Å². The predicted octanol–water partition coefficient (Wildman–Crippen LogP) is 2.66. The van der Waals surface area contributed by atoms with E-state index in [1.165, 1.54) is 0 Å². The lowest BCUT2D eigenvalue weighted by molar-refractivity contribution is -0.141. The Kier molecular flexibility index (Phi) is 4.84. The number of aromatic nitrogens is 1. The van der Waals surface area contributed by atoms with Crippen molar-refractivity contribution in [2.24, 2.45) is 5.92 Å². The number of rotatable bonds is 4. The smallest absolute Gasteiger partial charge is 0.321 e. The van der Waals surface area contributed by atoms with E-state index in [9.17, 15) is 14.0 Å². The molecule has 1 heterocycles. The van der Waals surface area contributed by atoms with E-state index in [4.69, 9.17) is 27.9 Å². The summed E-state index contributed by atoms with van der Waals surface area (Å²) in [6.07, 6.45) is 0.736. The first-order chi connectivity index (χ1) is 7.99. The van der Waals surface area contributed by atoms with Crippen LogP contribution in [0.1, 0.15) is 13.3 Å². The average Bonchev–Trinajstić information content (AvgIpc) is 2.27. The van der Waals surface area contributed by atoms with Gasteiger partial charge in [0.1, 0.15) is 12.2 Å². The second-order valence-electron chi connectivity index (χ2n) is 3.12. The molecule has 0 aliphatic rings. The number of halogens is 3. The first-order valence-corrected chi connectivity index (χ1v) is 5.43. The van der Waals surface area contributed by atoms with Gasteiger partial charge in [0.2, 0.25) is 0 Å². The highest BCUT2D eigenvalue weighted by Crippen LogP contribution is 2.27. The molecule has 0 saturated heterocycles. The fourth-order valence-corrected chi connectivity index (χ4v) is 1.36. The lowest BCUT2D eigenvalue weighted by Gasteiger charge is -2.09. The van der Waals surface area contributed by atoms with Crippen molar-refractivity contribution in [3.8, 4) is 5.75 Å². The number of hydrogen-bond acceptors (Lipinski definition) is 4. The zero-order valence-electron chi connectivity index (χ0n) is 8.75. The lowest BCUT2D eigenvalue weighted by atomic mass is 10.1. The summed E-state index contributed by atoms with van der Waals surface area (Å²) in [7, 11) is 0. The molecule has 92 valence electrons. The van der Waals surface area contributed by atoms with Crippen LogP contribution in [-0.2, 0) is 9.59 Å². The molecule has 0 N–H and O–H groups in total. The van der Waals surface area contributed by atoms with Crippen molar-refractivity contribution in [1.82, 2.24) is 4.98 Å². The Hall–Kier alpha value is -1.20. The fourth-order valence-electron chi connectivity index (χ4n) is 1.00. The van der Waals surface area contributed by atoms with Crippen LogP contribution in [0.4, 0.5) is 4.39 Å². The molecule has 1 rings (SSSR count). The van der Waals surface area contributed by atoms with Crippen LogP contribution in [0.2, 0.25) is 10.3 Å². The van der Waals surface area contributed by atoms with Gasteiger partial charge in [-0.05, 0) is 6.42 Å². The molecule has 7 heteroatoms. The highest BCUT2D eigenvalue weighted by molar-refractivity contribution is 6.33. The third-order valence-corrected chi connectivity index (χ3v) is 2.51. The normalized spacial score (nSPS) is 12.0. The molecule has 0 fully saturated rings. The molecular weight excluding hydrogens is 272 g/mol. The van der Waals surface area contributed by atoms with Gasteiger partial charge in [-0.3, -0.25) is 4.79 Å². The molecule has 1 aromatic heterocycles. The molecule has 0 bridgehead atoms. The molecule has 0 radical (unpaired) electrons. The van der Waals surface area contributed by atoms with Crippen LogP contribution < -0.4 is 4.74 Å². The summed E-state index contributed by atoms with van der Waals surface area (Å²) < 4.78 is 17.8. The summed E-state index contributed by atoms with van der Waals surface area (Å²) in [6.45, 7) is 1.64.